The number of likely N-dealkylation sites (tertiary alicyclic amines) is 1. The van der Waals surface area contributed by atoms with Gasteiger partial charge in [0, 0.05) is 55.8 Å². The van der Waals surface area contributed by atoms with Crippen LogP contribution in [0.25, 0.3) is 0 Å². The third-order valence-electron chi connectivity index (χ3n) is 6.71. The van der Waals surface area contributed by atoms with Gasteiger partial charge in [-0.05, 0) is 47.9 Å². The van der Waals surface area contributed by atoms with E-state index in [0.29, 0.717) is 46.9 Å². The summed E-state index contributed by atoms with van der Waals surface area (Å²) >= 11 is 13.8. The number of thioether (sulfide) groups is 1. The molecule has 0 spiro atoms. The molecular weight excluding hydrogens is 570 g/mol. The smallest absolute Gasteiger partial charge is 0.324 e. The third-order valence-corrected chi connectivity index (χ3v) is 9.95. The van der Waals surface area contributed by atoms with Crippen LogP contribution in [0.5, 0.6) is 0 Å². The van der Waals surface area contributed by atoms with Crippen molar-refractivity contribution in [1.29, 1.82) is 0 Å². The average Bonchev–Trinajstić information content (AvgIpc) is 3.27. The number of halogens is 5. The summed E-state index contributed by atoms with van der Waals surface area (Å²) in [6, 6.07) is 10.3. The van der Waals surface area contributed by atoms with Crippen molar-refractivity contribution in [3.05, 3.63) is 63.6 Å². The number of rotatable bonds is 5. The molecule has 202 valence electrons. The van der Waals surface area contributed by atoms with Crippen molar-refractivity contribution in [1.82, 2.24) is 14.1 Å². The molecule has 13 heteroatoms. The van der Waals surface area contributed by atoms with Gasteiger partial charge in [-0.3, -0.25) is 0 Å². The molecular formula is C24H26Cl2F3N3O3S2. The second-order valence-corrected chi connectivity index (χ2v) is 13.1. The standard InChI is InChI=1S/C24H26Cl2F3N3O3S2/c1-37(34,35)32-10-8-30(9-11-32)23(33)31-13-17(20(14-31)16-2-7-21(25)22(26)12-16)15-36-19-5-3-18(4-6-19)24(27,28)29/h2-7,12,17,20H,8-11,13-15H2,1H3. The quantitative estimate of drug-likeness (QED) is 0.427. The number of sulfonamides is 1. The molecule has 2 unspecified atom stereocenters. The van der Waals surface area contributed by atoms with E-state index in [0.717, 1.165) is 24.0 Å². The summed E-state index contributed by atoms with van der Waals surface area (Å²) in [5.41, 5.74) is 0.240. The molecule has 2 heterocycles. The van der Waals surface area contributed by atoms with Gasteiger partial charge in [0.15, 0.2) is 0 Å². The minimum Gasteiger partial charge on any atom is -0.324 e. The molecule has 0 radical (unpaired) electrons. The number of carbonyl (C=O) groups excluding carboxylic acids is 1. The fraction of sp³-hybridized carbons (Fsp3) is 0.458. The molecule has 0 N–H and O–H groups in total. The van der Waals surface area contributed by atoms with Crippen molar-refractivity contribution in [2.45, 2.75) is 17.0 Å². The van der Waals surface area contributed by atoms with Gasteiger partial charge in [0.25, 0.3) is 0 Å². The normalized spacial score (nSPS) is 21.5. The fourth-order valence-electron chi connectivity index (χ4n) is 4.67. The lowest BCUT2D eigenvalue weighted by atomic mass is 9.90. The second kappa shape index (κ2) is 11.2. The Morgan fingerprint density at radius 3 is 2.19 bits per heavy atom. The summed E-state index contributed by atoms with van der Waals surface area (Å²) in [6.45, 7) is 2.03. The fourth-order valence-corrected chi connectivity index (χ4v) is 6.88. The number of piperazine rings is 1. The monoisotopic (exact) mass is 595 g/mol. The molecule has 0 aliphatic carbocycles. The maximum atomic E-state index is 13.3. The van der Waals surface area contributed by atoms with Crippen molar-refractivity contribution in [2.75, 3.05) is 51.3 Å². The van der Waals surface area contributed by atoms with Crippen LogP contribution in [0.15, 0.2) is 47.4 Å². The van der Waals surface area contributed by atoms with Crippen molar-refractivity contribution < 1.29 is 26.4 Å². The van der Waals surface area contributed by atoms with Gasteiger partial charge in [-0.25, -0.2) is 13.2 Å². The van der Waals surface area contributed by atoms with E-state index in [1.807, 2.05) is 6.07 Å². The summed E-state index contributed by atoms with van der Waals surface area (Å²) < 4.78 is 63.7. The van der Waals surface area contributed by atoms with Crippen LogP contribution in [0.1, 0.15) is 17.0 Å². The number of amides is 2. The van der Waals surface area contributed by atoms with E-state index in [1.165, 1.54) is 28.2 Å². The molecule has 37 heavy (non-hydrogen) atoms. The van der Waals surface area contributed by atoms with Gasteiger partial charge < -0.3 is 9.80 Å². The van der Waals surface area contributed by atoms with E-state index in [4.69, 9.17) is 23.2 Å². The number of urea groups is 1. The first-order valence-electron chi connectivity index (χ1n) is 11.6. The lowest BCUT2D eigenvalue weighted by Gasteiger charge is -2.35. The van der Waals surface area contributed by atoms with E-state index in [-0.39, 0.29) is 31.0 Å². The van der Waals surface area contributed by atoms with Crippen LogP contribution < -0.4 is 0 Å². The highest BCUT2D eigenvalue weighted by molar-refractivity contribution is 7.99. The summed E-state index contributed by atoms with van der Waals surface area (Å²) in [6.07, 6.45) is -3.23. The zero-order valence-corrected chi connectivity index (χ0v) is 23.1. The van der Waals surface area contributed by atoms with Crippen LogP contribution in [-0.2, 0) is 16.2 Å². The molecule has 0 saturated carbocycles. The molecule has 0 bridgehead atoms. The van der Waals surface area contributed by atoms with E-state index in [1.54, 1.807) is 21.9 Å². The highest BCUT2D eigenvalue weighted by atomic mass is 35.5. The van der Waals surface area contributed by atoms with Gasteiger partial charge in [-0.15, -0.1) is 11.8 Å². The van der Waals surface area contributed by atoms with Gasteiger partial charge in [-0.2, -0.15) is 17.5 Å². The topological polar surface area (TPSA) is 60.9 Å². The molecule has 2 aliphatic rings. The Balaban J connectivity index is 1.47. The van der Waals surface area contributed by atoms with E-state index in [9.17, 15) is 26.4 Å². The average molecular weight is 597 g/mol. The maximum absolute atomic E-state index is 13.3. The van der Waals surface area contributed by atoms with E-state index < -0.39 is 21.8 Å². The highest BCUT2D eigenvalue weighted by Crippen LogP contribution is 2.39. The Morgan fingerprint density at radius 2 is 1.62 bits per heavy atom. The van der Waals surface area contributed by atoms with Gasteiger partial charge >= 0.3 is 12.2 Å². The van der Waals surface area contributed by atoms with Gasteiger partial charge in [0.05, 0.1) is 21.9 Å². The van der Waals surface area contributed by atoms with Crippen LogP contribution in [0, 0.1) is 5.92 Å². The first-order valence-corrected chi connectivity index (χ1v) is 15.2. The van der Waals surface area contributed by atoms with Crippen molar-refractivity contribution in [3.63, 3.8) is 0 Å². The third kappa shape index (κ3) is 6.86. The first kappa shape index (κ1) is 28.4. The second-order valence-electron chi connectivity index (χ2n) is 9.21. The number of nitrogens with zero attached hydrogens (tertiary/aromatic N) is 3. The maximum Gasteiger partial charge on any atom is 0.416 e. The summed E-state index contributed by atoms with van der Waals surface area (Å²) in [5, 5.41) is 0.839. The molecule has 0 aromatic heterocycles. The number of alkyl halides is 3. The number of benzene rings is 2. The lowest BCUT2D eigenvalue weighted by Crippen LogP contribution is -2.53. The SMILES string of the molecule is CS(=O)(=O)N1CCN(C(=O)N2CC(CSc3ccc(C(F)(F)F)cc3)C(c3ccc(Cl)c(Cl)c3)C2)CC1. The lowest BCUT2D eigenvalue weighted by molar-refractivity contribution is -0.137. The Morgan fingerprint density at radius 1 is 0.973 bits per heavy atom. The molecule has 2 fully saturated rings. The highest BCUT2D eigenvalue weighted by Gasteiger charge is 2.39. The molecule has 2 atom stereocenters. The summed E-state index contributed by atoms with van der Waals surface area (Å²) in [4.78, 5) is 17.5. The Bertz CT molecular complexity index is 1240. The van der Waals surface area contributed by atoms with Crippen LogP contribution in [0.2, 0.25) is 10.0 Å². The molecule has 2 aromatic carbocycles. The first-order chi connectivity index (χ1) is 17.3. The molecule has 2 saturated heterocycles. The predicted molar refractivity (Wildman–Crippen MR) is 140 cm³/mol. The Kier molecular flexibility index (Phi) is 8.59. The number of hydrogen-bond donors (Lipinski definition) is 0. The van der Waals surface area contributed by atoms with Crippen molar-refractivity contribution in [2.24, 2.45) is 5.92 Å². The number of hydrogen-bond acceptors (Lipinski definition) is 4. The van der Waals surface area contributed by atoms with Crippen LogP contribution >= 0.6 is 35.0 Å². The van der Waals surface area contributed by atoms with Gasteiger partial charge in [0.2, 0.25) is 10.0 Å². The van der Waals surface area contributed by atoms with E-state index >= 15 is 0 Å². The molecule has 2 aliphatic heterocycles. The van der Waals surface area contributed by atoms with Crippen molar-refractivity contribution in [3.8, 4) is 0 Å². The van der Waals surface area contributed by atoms with Crippen LogP contribution in [0.3, 0.4) is 0 Å². The van der Waals surface area contributed by atoms with Crippen LogP contribution in [-0.4, -0.2) is 79.8 Å². The van der Waals surface area contributed by atoms with E-state index in [2.05, 4.69) is 0 Å². The summed E-state index contributed by atoms with van der Waals surface area (Å²) in [7, 11) is -3.31. The minimum absolute atomic E-state index is 0.0193. The van der Waals surface area contributed by atoms with Gasteiger partial charge in [-0.1, -0.05) is 29.3 Å². The van der Waals surface area contributed by atoms with Crippen molar-refractivity contribution >= 4 is 51.0 Å². The Hall–Kier alpha value is -1.66. The molecule has 6 nitrogen and oxygen atoms in total. The zero-order valence-electron chi connectivity index (χ0n) is 19.9. The van der Waals surface area contributed by atoms with Gasteiger partial charge in [0.1, 0.15) is 0 Å². The largest absolute Gasteiger partial charge is 0.416 e. The number of carbonyl (C=O) groups is 1. The molecule has 4 rings (SSSR count). The Labute approximate surface area is 228 Å². The predicted octanol–water partition coefficient (Wildman–Crippen LogP) is 5.52. The molecule has 2 amide bonds. The zero-order chi connectivity index (χ0) is 27.0. The summed E-state index contributed by atoms with van der Waals surface area (Å²) in [5.74, 6) is 0.561. The minimum atomic E-state index is -4.39. The van der Waals surface area contributed by atoms with Crippen LogP contribution in [0.4, 0.5) is 18.0 Å². The molecule has 2 aromatic rings.